The highest BCUT2D eigenvalue weighted by molar-refractivity contribution is 5.48. The van der Waals surface area contributed by atoms with Crippen molar-refractivity contribution in [1.82, 2.24) is 9.97 Å². The molecule has 0 spiro atoms. The molecule has 26 heavy (non-hydrogen) atoms. The van der Waals surface area contributed by atoms with E-state index in [9.17, 15) is 0 Å². The van der Waals surface area contributed by atoms with Crippen LogP contribution in [0.3, 0.4) is 0 Å². The summed E-state index contributed by atoms with van der Waals surface area (Å²) in [5, 5.41) is 0. The molecule has 4 rings (SSSR count). The summed E-state index contributed by atoms with van der Waals surface area (Å²) < 4.78 is 0. The Morgan fingerprint density at radius 1 is 0.962 bits per heavy atom. The van der Waals surface area contributed by atoms with Crippen LogP contribution in [0.2, 0.25) is 0 Å². The number of fused-ring (bicyclic) bond motifs is 1. The van der Waals surface area contributed by atoms with Crippen LogP contribution >= 0.6 is 0 Å². The van der Waals surface area contributed by atoms with Crippen LogP contribution in [-0.2, 0) is 19.5 Å². The molecule has 0 unspecified atom stereocenters. The molecule has 0 amide bonds. The van der Waals surface area contributed by atoms with Gasteiger partial charge >= 0.3 is 0 Å². The number of hydrogen-bond donors (Lipinski definition) is 0. The smallest absolute Gasteiger partial charge is 0.227 e. The molecule has 4 heteroatoms. The van der Waals surface area contributed by atoms with Crippen molar-refractivity contribution in [2.75, 3.05) is 23.4 Å². The molecule has 0 saturated carbocycles. The fourth-order valence-corrected chi connectivity index (χ4v) is 3.49. The third kappa shape index (κ3) is 3.54. The number of benzene rings is 2. The van der Waals surface area contributed by atoms with Crippen LogP contribution < -0.4 is 9.80 Å². The molecule has 1 aromatic heterocycles. The lowest BCUT2D eigenvalue weighted by molar-refractivity contribution is 0.715. The van der Waals surface area contributed by atoms with Crippen LogP contribution in [0.25, 0.3) is 0 Å². The molecule has 0 bridgehead atoms. The topological polar surface area (TPSA) is 32.3 Å². The highest BCUT2D eigenvalue weighted by atomic mass is 15.3. The zero-order valence-corrected chi connectivity index (χ0v) is 15.4. The molecule has 0 radical (unpaired) electrons. The molecule has 0 atom stereocenters. The SMILES string of the molecule is Cc1cc(N2CCc3ccccc3C2)nc(N(C)Cc2ccccc2)n1. The van der Waals surface area contributed by atoms with Crippen molar-refractivity contribution in [2.24, 2.45) is 0 Å². The van der Waals surface area contributed by atoms with Crippen LogP contribution in [0.1, 0.15) is 22.4 Å². The fraction of sp³-hybridized carbons (Fsp3) is 0.273. The molecule has 4 nitrogen and oxygen atoms in total. The van der Waals surface area contributed by atoms with E-state index in [0.717, 1.165) is 43.5 Å². The molecule has 0 N–H and O–H groups in total. The van der Waals surface area contributed by atoms with Gasteiger partial charge in [0.1, 0.15) is 5.82 Å². The molecule has 1 aliphatic heterocycles. The van der Waals surface area contributed by atoms with Gasteiger partial charge in [-0.15, -0.1) is 0 Å². The second-order valence-electron chi connectivity index (χ2n) is 6.95. The number of hydrogen-bond acceptors (Lipinski definition) is 4. The summed E-state index contributed by atoms with van der Waals surface area (Å²) in [6.45, 7) is 4.75. The molecule has 0 aliphatic carbocycles. The predicted octanol–water partition coefficient (Wildman–Crippen LogP) is 3.98. The first-order valence-electron chi connectivity index (χ1n) is 9.11. The molecule has 2 heterocycles. The van der Waals surface area contributed by atoms with E-state index in [-0.39, 0.29) is 0 Å². The van der Waals surface area contributed by atoms with Crippen molar-refractivity contribution in [1.29, 1.82) is 0 Å². The number of anilines is 2. The molecule has 132 valence electrons. The van der Waals surface area contributed by atoms with Gasteiger partial charge in [-0.25, -0.2) is 4.98 Å². The lowest BCUT2D eigenvalue weighted by Crippen LogP contribution is -2.31. The molecule has 1 aliphatic rings. The predicted molar refractivity (Wildman–Crippen MR) is 107 cm³/mol. The first-order valence-corrected chi connectivity index (χ1v) is 9.11. The van der Waals surface area contributed by atoms with Gasteiger partial charge in [0.15, 0.2) is 0 Å². The summed E-state index contributed by atoms with van der Waals surface area (Å²) in [6.07, 6.45) is 1.06. The lowest BCUT2D eigenvalue weighted by atomic mass is 10.00. The van der Waals surface area contributed by atoms with E-state index < -0.39 is 0 Å². The quantitative estimate of drug-likeness (QED) is 0.716. The van der Waals surface area contributed by atoms with E-state index in [4.69, 9.17) is 4.98 Å². The summed E-state index contributed by atoms with van der Waals surface area (Å²) >= 11 is 0. The molecule has 2 aromatic carbocycles. The second-order valence-corrected chi connectivity index (χ2v) is 6.95. The monoisotopic (exact) mass is 344 g/mol. The van der Waals surface area contributed by atoms with Crippen molar-refractivity contribution >= 4 is 11.8 Å². The third-order valence-electron chi connectivity index (χ3n) is 4.89. The van der Waals surface area contributed by atoms with E-state index in [0.29, 0.717) is 0 Å². The third-order valence-corrected chi connectivity index (χ3v) is 4.89. The van der Waals surface area contributed by atoms with Crippen LogP contribution in [0, 0.1) is 6.92 Å². The Hall–Kier alpha value is -2.88. The second kappa shape index (κ2) is 7.16. The molecule has 0 fully saturated rings. The average Bonchev–Trinajstić information content (AvgIpc) is 2.68. The number of aromatic nitrogens is 2. The van der Waals surface area contributed by atoms with Crippen LogP contribution in [0.5, 0.6) is 0 Å². The maximum Gasteiger partial charge on any atom is 0.227 e. The van der Waals surface area contributed by atoms with E-state index in [2.05, 4.69) is 76.4 Å². The van der Waals surface area contributed by atoms with Crippen molar-refractivity contribution in [2.45, 2.75) is 26.4 Å². The van der Waals surface area contributed by atoms with Crippen molar-refractivity contribution < 1.29 is 0 Å². The molecular formula is C22H24N4. The lowest BCUT2D eigenvalue weighted by Gasteiger charge is -2.30. The van der Waals surface area contributed by atoms with E-state index in [1.807, 2.05) is 13.0 Å². The zero-order chi connectivity index (χ0) is 17.9. The Kier molecular flexibility index (Phi) is 4.57. The normalized spacial score (nSPS) is 13.4. The zero-order valence-electron chi connectivity index (χ0n) is 15.4. The van der Waals surface area contributed by atoms with Crippen molar-refractivity contribution in [3.8, 4) is 0 Å². The number of aryl methyl sites for hydroxylation is 1. The Morgan fingerprint density at radius 2 is 1.69 bits per heavy atom. The molecular weight excluding hydrogens is 320 g/mol. The highest BCUT2D eigenvalue weighted by Gasteiger charge is 2.18. The van der Waals surface area contributed by atoms with Crippen LogP contribution in [0.4, 0.5) is 11.8 Å². The number of rotatable bonds is 4. The summed E-state index contributed by atoms with van der Waals surface area (Å²) in [7, 11) is 2.05. The Labute approximate surface area is 155 Å². The van der Waals surface area contributed by atoms with Gasteiger partial charge in [-0.05, 0) is 30.0 Å². The maximum absolute atomic E-state index is 4.87. The van der Waals surface area contributed by atoms with Gasteiger partial charge in [0.25, 0.3) is 0 Å². The molecule has 3 aromatic rings. The van der Waals surface area contributed by atoms with Gasteiger partial charge in [-0.3, -0.25) is 0 Å². The minimum Gasteiger partial charge on any atom is -0.352 e. The Balaban J connectivity index is 1.57. The minimum absolute atomic E-state index is 0.780. The Morgan fingerprint density at radius 3 is 2.50 bits per heavy atom. The number of nitrogens with zero attached hydrogens (tertiary/aromatic N) is 4. The van der Waals surface area contributed by atoms with Gasteiger partial charge in [0, 0.05) is 38.4 Å². The maximum atomic E-state index is 4.87. The van der Waals surface area contributed by atoms with Crippen LogP contribution in [-0.4, -0.2) is 23.6 Å². The van der Waals surface area contributed by atoms with Gasteiger partial charge in [-0.1, -0.05) is 54.6 Å². The Bertz CT molecular complexity index is 892. The van der Waals surface area contributed by atoms with Gasteiger partial charge in [0.2, 0.25) is 5.95 Å². The standard InChI is InChI=1S/C22H24N4/c1-17-14-21(26-13-12-19-10-6-7-11-20(19)16-26)24-22(23-17)25(2)15-18-8-4-3-5-9-18/h3-11,14H,12-13,15-16H2,1-2H3. The molecule has 0 saturated heterocycles. The van der Waals surface area contributed by atoms with Crippen molar-refractivity contribution in [3.63, 3.8) is 0 Å². The first-order chi connectivity index (χ1) is 12.7. The van der Waals surface area contributed by atoms with E-state index in [1.165, 1.54) is 16.7 Å². The summed E-state index contributed by atoms with van der Waals surface area (Å²) in [5.74, 6) is 1.80. The summed E-state index contributed by atoms with van der Waals surface area (Å²) in [4.78, 5) is 14.0. The van der Waals surface area contributed by atoms with Gasteiger partial charge in [-0.2, -0.15) is 4.98 Å². The summed E-state index contributed by atoms with van der Waals surface area (Å²) in [5.41, 5.74) is 5.11. The van der Waals surface area contributed by atoms with Crippen molar-refractivity contribution in [3.05, 3.63) is 83.0 Å². The largest absolute Gasteiger partial charge is 0.352 e. The first kappa shape index (κ1) is 16.6. The highest BCUT2D eigenvalue weighted by Crippen LogP contribution is 2.25. The van der Waals surface area contributed by atoms with Gasteiger partial charge in [0.05, 0.1) is 0 Å². The van der Waals surface area contributed by atoms with E-state index >= 15 is 0 Å². The minimum atomic E-state index is 0.780. The van der Waals surface area contributed by atoms with E-state index in [1.54, 1.807) is 0 Å². The van der Waals surface area contributed by atoms with Gasteiger partial charge < -0.3 is 9.80 Å². The summed E-state index contributed by atoms with van der Waals surface area (Å²) in [6, 6.07) is 21.2. The average molecular weight is 344 g/mol. The fourth-order valence-electron chi connectivity index (χ4n) is 3.49. The van der Waals surface area contributed by atoms with Crippen LogP contribution in [0.15, 0.2) is 60.7 Å².